The summed E-state index contributed by atoms with van der Waals surface area (Å²) in [5.74, 6) is -0.382. The lowest BCUT2D eigenvalue weighted by molar-refractivity contribution is 0.0313. The van der Waals surface area contributed by atoms with E-state index < -0.39 is 11.9 Å². The van der Waals surface area contributed by atoms with E-state index in [0.29, 0.717) is 5.56 Å². The minimum Gasteiger partial charge on any atom is -0.487 e. The second kappa shape index (κ2) is 6.42. The van der Waals surface area contributed by atoms with Crippen LogP contribution in [0, 0.1) is 5.82 Å². The topological polar surface area (TPSA) is 64.7 Å². The smallest absolute Gasteiger partial charge is 0.165 e. The highest BCUT2D eigenvalue weighted by molar-refractivity contribution is 5.34. The molecule has 5 heteroatoms. The van der Waals surface area contributed by atoms with Gasteiger partial charge in [-0.2, -0.15) is 0 Å². The highest BCUT2D eigenvalue weighted by Gasteiger charge is 2.11. The second-order valence-corrected chi connectivity index (χ2v) is 3.35. The van der Waals surface area contributed by atoms with Crippen molar-refractivity contribution in [3.63, 3.8) is 0 Å². The van der Waals surface area contributed by atoms with Crippen molar-refractivity contribution in [1.29, 1.82) is 0 Å². The summed E-state index contributed by atoms with van der Waals surface area (Å²) >= 11 is 0. The fourth-order valence-corrected chi connectivity index (χ4v) is 1.30. The van der Waals surface area contributed by atoms with Crippen molar-refractivity contribution >= 4 is 0 Å². The number of para-hydroxylation sites is 1. The summed E-state index contributed by atoms with van der Waals surface area (Å²) < 4.78 is 23.3. The number of ether oxygens (including phenoxy) is 2. The van der Waals surface area contributed by atoms with Crippen LogP contribution in [0.2, 0.25) is 0 Å². The van der Waals surface area contributed by atoms with E-state index in [0.717, 1.165) is 0 Å². The van der Waals surface area contributed by atoms with Gasteiger partial charge in [0.1, 0.15) is 12.7 Å². The van der Waals surface area contributed by atoms with Crippen LogP contribution in [0.25, 0.3) is 0 Å². The number of nitrogens with two attached hydrogens (primary N) is 1. The van der Waals surface area contributed by atoms with E-state index in [1.165, 1.54) is 13.2 Å². The van der Waals surface area contributed by atoms with Crippen LogP contribution in [-0.4, -0.2) is 31.5 Å². The zero-order valence-corrected chi connectivity index (χ0v) is 9.15. The molecule has 4 nitrogen and oxygen atoms in total. The van der Waals surface area contributed by atoms with Crippen LogP contribution in [0.1, 0.15) is 5.56 Å². The van der Waals surface area contributed by atoms with Crippen molar-refractivity contribution in [3.05, 3.63) is 29.6 Å². The van der Waals surface area contributed by atoms with Gasteiger partial charge in [0.15, 0.2) is 11.6 Å². The zero-order chi connectivity index (χ0) is 12.0. The molecule has 0 aliphatic rings. The number of halogens is 1. The van der Waals surface area contributed by atoms with E-state index in [1.807, 2.05) is 0 Å². The number of hydrogen-bond donors (Lipinski definition) is 2. The predicted octanol–water partition coefficient (Wildman–Crippen LogP) is 0.671. The van der Waals surface area contributed by atoms with Gasteiger partial charge in [-0.15, -0.1) is 0 Å². The molecule has 1 atom stereocenters. The van der Waals surface area contributed by atoms with Crippen molar-refractivity contribution < 1.29 is 19.0 Å². The quantitative estimate of drug-likeness (QED) is 0.752. The summed E-state index contributed by atoms with van der Waals surface area (Å²) in [6, 6.07) is 4.54. The second-order valence-electron chi connectivity index (χ2n) is 3.35. The van der Waals surface area contributed by atoms with Crippen LogP contribution < -0.4 is 10.5 Å². The maximum absolute atomic E-state index is 13.4. The summed E-state index contributed by atoms with van der Waals surface area (Å²) in [4.78, 5) is 0. The third-order valence-corrected chi connectivity index (χ3v) is 2.05. The monoisotopic (exact) mass is 229 g/mol. The Kier molecular flexibility index (Phi) is 5.18. The first-order valence-corrected chi connectivity index (χ1v) is 4.96. The van der Waals surface area contributed by atoms with Crippen molar-refractivity contribution in [2.24, 2.45) is 5.73 Å². The molecule has 0 saturated carbocycles. The summed E-state index contributed by atoms with van der Waals surface area (Å²) in [6.45, 7) is 0.307. The molecule has 0 amide bonds. The van der Waals surface area contributed by atoms with Crippen LogP contribution >= 0.6 is 0 Å². The van der Waals surface area contributed by atoms with E-state index in [-0.39, 0.29) is 25.5 Å². The lowest BCUT2D eigenvalue weighted by Gasteiger charge is -2.14. The third kappa shape index (κ3) is 3.44. The van der Waals surface area contributed by atoms with Crippen molar-refractivity contribution in [1.82, 2.24) is 0 Å². The molecular formula is C11H16FNO3. The van der Waals surface area contributed by atoms with Gasteiger partial charge in [-0.25, -0.2) is 4.39 Å². The molecule has 0 aliphatic heterocycles. The van der Waals surface area contributed by atoms with Gasteiger partial charge < -0.3 is 20.3 Å². The Hall–Kier alpha value is -1.17. The van der Waals surface area contributed by atoms with Crippen molar-refractivity contribution in [3.8, 4) is 5.75 Å². The molecule has 0 heterocycles. The molecular weight excluding hydrogens is 213 g/mol. The number of benzene rings is 1. The largest absolute Gasteiger partial charge is 0.487 e. The van der Waals surface area contributed by atoms with E-state index in [2.05, 4.69) is 0 Å². The van der Waals surface area contributed by atoms with Gasteiger partial charge in [0.05, 0.1) is 6.61 Å². The van der Waals surface area contributed by atoms with Crippen LogP contribution in [0.5, 0.6) is 5.75 Å². The molecule has 1 rings (SSSR count). The fraction of sp³-hybridized carbons (Fsp3) is 0.455. The SMILES string of the molecule is COCC(O)COc1c(F)cccc1CN. The normalized spacial score (nSPS) is 12.5. The van der Waals surface area contributed by atoms with Gasteiger partial charge in [-0.3, -0.25) is 0 Å². The Bertz CT molecular complexity index is 333. The highest BCUT2D eigenvalue weighted by Crippen LogP contribution is 2.22. The standard InChI is InChI=1S/C11H16FNO3/c1-15-6-9(14)7-16-11-8(5-13)3-2-4-10(11)12/h2-4,9,14H,5-7,13H2,1H3. The predicted molar refractivity (Wildman–Crippen MR) is 57.7 cm³/mol. The number of rotatable bonds is 6. The van der Waals surface area contributed by atoms with Gasteiger partial charge in [0.2, 0.25) is 0 Å². The lowest BCUT2D eigenvalue weighted by atomic mass is 10.2. The molecule has 1 unspecified atom stereocenters. The van der Waals surface area contributed by atoms with Crippen LogP contribution in [0.15, 0.2) is 18.2 Å². The van der Waals surface area contributed by atoms with E-state index in [9.17, 15) is 9.50 Å². The first kappa shape index (κ1) is 12.9. The van der Waals surface area contributed by atoms with Crippen molar-refractivity contribution in [2.45, 2.75) is 12.6 Å². The summed E-state index contributed by atoms with van der Waals surface area (Å²) in [6.07, 6.45) is -0.782. The van der Waals surface area contributed by atoms with E-state index >= 15 is 0 Å². The number of aliphatic hydroxyl groups is 1. The van der Waals surface area contributed by atoms with E-state index in [4.69, 9.17) is 15.2 Å². The summed E-state index contributed by atoms with van der Waals surface area (Å²) in [5, 5.41) is 9.36. The maximum Gasteiger partial charge on any atom is 0.165 e. The Morgan fingerprint density at radius 2 is 2.19 bits per heavy atom. The summed E-state index contributed by atoms with van der Waals surface area (Å²) in [7, 11) is 1.47. The van der Waals surface area contributed by atoms with Crippen LogP contribution in [0.4, 0.5) is 4.39 Å². The lowest BCUT2D eigenvalue weighted by Crippen LogP contribution is -2.23. The molecule has 0 bridgehead atoms. The fourth-order valence-electron chi connectivity index (χ4n) is 1.30. The number of methoxy groups -OCH3 is 1. The first-order chi connectivity index (χ1) is 7.69. The Balaban J connectivity index is 2.65. The van der Waals surface area contributed by atoms with Gasteiger partial charge in [0.25, 0.3) is 0 Å². The minimum atomic E-state index is -0.782. The number of hydrogen-bond acceptors (Lipinski definition) is 4. The molecule has 0 radical (unpaired) electrons. The molecule has 0 aliphatic carbocycles. The average molecular weight is 229 g/mol. The van der Waals surface area contributed by atoms with E-state index in [1.54, 1.807) is 12.1 Å². The van der Waals surface area contributed by atoms with Crippen molar-refractivity contribution in [2.75, 3.05) is 20.3 Å². The highest BCUT2D eigenvalue weighted by atomic mass is 19.1. The van der Waals surface area contributed by atoms with Crippen LogP contribution in [-0.2, 0) is 11.3 Å². The van der Waals surface area contributed by atoms with Gasteiger partial charge in [-0.1, -0.05) is 12.1 Å². The first-order valence-electron chi connectivity index (χ1n) is 4.96. The molecule has 1 aromatic rings. The minimum absolute atomic E-state index is 0.0260. The Labute approximate surface area is 93.8 Å². The third-order valence-electron chi connectivity index (χ3n) is 2.05. The van der Waals surface area contributed by atoms with Gasteiger partial charge >= 0.3 is 0 Å². The molecule has 16 heavy (non-hydrogen) atoms. The van der Waals surface area contributed by atoms with Gasteiger partial charge in [-0.05, 0) is 6.07 Å². The average Bonchev–Trinajstić information content (AvgIpc) is 2.27. The Morgan fingerprint density at radius 1 is 1.44 bits per heavy atom. The molecule has 0 aromatic heterocycles. The molecule has 3 N–H and O–H groups in total. The van der Waals surface area contributed by atoms with Crippen LogP contribution in [0.3, 0.4) is 0 Å². The van der Waals surface area contributed by atoms with Gasteiger partial charge in [0, 0.05) is 19.2 Å². The molecule has 0 saturated heterocycles. The number of aliphatic hydroxyl groups excluding tert-OH is 1. The zero-order valence-electron chi connectivity index (χ0n) is 9.15. The summed E-state index contributed by atoms with van der Waals surface area (Å²) in [5.41, 5.74) is 6.02. The Morgan fingerprint density at radius 3 is 2.81 bits per heavy atom. The maximum atomic E-state index is 13.4. The molecule has 90 valence electrons. The molecule has 0 spiro atoms. The molecule has 0 fully saturated rings. The molecule has 1 aromatic carbocycles.